The van der Waals surface area contributed by atoms with E-state index in [-0.39, 0.29) is 12.6 Å². The van der Waals surface area contributed by atoms with Crippen LogP contribution in [-0.4, -0.2) is 60.5 Å². The lowest BCUT2D eigenvalue weighted by atomic mass is 10.1. The Labute approximate surface area is 165 Å². The van der Waals surface area contributed by atoms with E-state index in [0.717, 1.165) is 19.3 Å². The van der Waals surface area contributed by atoms with Gasteiger partial charge < -0.3 is 14.7 Å². The first kappa shape index (κ1) is 21.7. The highest BCUT2D eigenvalue weighted by molar-refractivity contribution is 5.99. The van der Waals surface area contributed by atoms with Crippen molar-refractivity contribution in [3.05, 3.63) is 6.33 Å². The number of aliphatic carboxylic acids is 1. The van der Waals surface area contributed by atoms with Gasteiger partial charge in [-0.05, 0) is 12.3 Å². The standard InChI is InChI=1S/C18H30N6O4/c1-6-7-8-9-28-18(27)23-11-24(21-13(12(2)3)17(25)26)16-14(23)15(22(4)5)19-10-20-16/h10,12-13,21H,6-9,11H2,1-5H3,(H,25,26)/t13-/m1/s1. The maximum absolute atomic E-state index is 12.7. The van der Waals surface area contributed by atoms with Crippen molar-refractivity contribution < 1.29 is 19.4 Å². The van der Waals surface area contributed by atoms with E-state index < -0.39 is 18.1 Å². The fourth-order valence-corrected chi connectivity index (χ4v) is 2.90. The molecule has 10 nitrogen and oxygen atoms in total. The summed E-state index contributed by atoms with van der Waals surface area (Å²) in [7, 11) is 3.63. The summed E-state index contributed by atoms with van der Waals surface area (Å²) in [6.45, 7) is 6.12. The molecule has 1 aliphatic rings. The van der Waals surface area contributed by atoms with E-state index in [1.54, 1.807) is 9.91 Å². The van der Waals surface area contributed by atoms with Gasteiger partial charge in [0.15, 0.2) is 11.6 Å². The smallest absolute Gasteiger partial charge is 0.416 e. The molecular formula is C18H30N6O4. The number of ether oxygens (including phenoxy) is 1. The highest BCUT2D eigenvalue weighted by Gasteiger charge is 2.38. The van der Waals surface area contributed by atoms with Crippen LogP contribution in [0.4, 0.5) is 22.1 Å². The number of amides is 1. The summed E-state index contributed by atoms with van der Waals surface area (Å²) in [4.78, 5) is 36.1. The van der Waals surface area contributed by atoms with Crippen LogP contribution in [0.3, 0.4) is 0 Å². The van der Waals surface area contributed by atoms with Crippen molar-refractivity contribution in [2.75, 3.05) is 42.2 Å². The minimum atomic E-state index is -0.973. The molecule has 0 spiro atoms. The number of carboxylic acid groups (broad SMARTS) is 1. The van der Waals surface area contributed by atoms with Crippen LogP contribution in [-0.2, 0) is 9.53 Å². The molecular weight excluding hydrogens is 364 g/mol. The molecule has 2 heterocycles. The Bertz CT molecular complexity index is 697. The molecule has 0 saturated heterocycles. The quantitative estimate of drug-likeness (QED) is 0.608. The summed E-state index contributed by atoms with van der Waals surface area (Å²) in [5.74, 6) is -0.141. The number of nitrogens with one attached hydrogen (secondary N) is 1. The molecule has 1 aliphatic heterocycles. The maximum atomic E-state index is 12.7. The summed E-state index contributed by atoms with van der Waals surface area (Å²) in [6, 6.07) is -0.828. The average Bonchev–Trinajstić information content (AvgIpc) is 3.01. The number of hydrogen-bond acceptors (Lipinski definition) is 8. The summed E-state index contributed by atoms with van der Waals surface area (Å²) < 4.78 is 5.41. The Morgan fingerprint density at radius 2 is 2.04 bits per heavy atom. The van der Waals surface area contributed by atoms with Crippen molar-refractivity contribution in [1.29, 1.82) is 0 Å². The van der Waals surface area contributed by atoms with Crippen molar-refractivity contribution in [3.63, 3.8) is 0 Å². The van der Waals surface area contributed by atoms with Crippen LogP contribution in [0, 0.1) is 5.92 Å². The number of carbonyl (C=O) groups excluding carboxylic acids is 1. The zero-order chi connectivity index (χ0) is 20.8. The van der Waals surface area contributed by atoms with Crippen molar-refractivity contribution in [2.24, 2.45) is 5.92 Å². The first-order chi connectivity index (χ1) is 13.3. The highest BCUT2D eigenvalue weighted by atomic mass is 16.6. The van der Waals surface area contributed by atoms with Crippen LogP contribution in [0.2, 0.25) is 0 Å². The van der Waals surface area contributed by atoms with E-state index in [0.29, 0.717) is 23.9 Å². The molecule has 0 aliphatic carbocycles. The van der Waals surface area contributed by atoms with Gasteiger partial charge in [-0.1, -0.05) is 33.6 Å². The second kappa shape index (κ2) is 9.54. The molecule has 10 heteroatoms. The minimum Gasteiger partial charge on any atom is -0.480 e. The number of unbranched alkanes of at least 4 members (excludes halogenated alkanes) is 2. The number of rotatable bonds is 9. The van der Waals surface area contributed by atoms with Crippen LogP contribution in [0.5, 0.6) is 0 Å². The van der Waals surface area contributed by atoms with Crippen LogP contribution in [0.15, 0.2) is 6.33 Å². The molecule has 156 valence electrons. The number of anilines is 3. The van der Waals surface area contributed by atoms with E-state index in [9.17, 15) is 14.7 Å². The Kier molecular flexibility index (Phi) is 7.38. The fraction of sp³-hybridized carbons (Fsp3) is 0.667. The van der Waals surface area contributed by atoms with E-state index in [1.165, 1.54) is 11.2 Å². The predicted octanol–water partition coefficient (Wildman–Crippen LogP) is 2.07. The highest BCUT2D eigenvalue weighted by Crippen LogP contribution is 2.39. The predicted molar refractivity (Wildman–Crippen MR) is 106 cm³/mol. The number of aromatic nitrogens is 2. The Balaban J connectivity index is 2.30. The molecule has 28 heavy (non-hydrogen) atoms. The molecule has 2 rings (SSSR count). The van der Waals surface area contributed by atoms with Gasteiger partial charge in [-0.25, -0.2) is 20.2 Å². The van der Waals surface area contributed by atoms with E-state index >= 15 is 0 Å². The lowest BCUT2D eigenvalue weighted by molar-refractivity contribution is -0.140. The number of hydrazine groups is 1. The first-order valence-electron chi connectivity index (χ1n) is 9.51. The van der Waals surface area contributed by atoms with Gasteiger partial charge in [0.05, 0.1) is 6.61 Å². The van der Waals surface area contributed by atoms with Crippen LogP contribution in [0.1, 0.15) is 40.0 Å². The summed E-state index contributed by atoms with van der Waals surface area (Å²) in [5.41, 5.74) is 3.47. The fourth-order valence-electron chi connectivity index (χ4n) is 2.90. The van der Waals surface area contributed by atoms with Gasteiger partial charge in [-0.15, -0.1) is 0 Å². The van der Waals surface area contributed by atoms with Crippen molar-refractivity contribution in [3.8, 4) is 0 Å². The summed E-state index contributed by atoms with van der Waals surface area (Å²) in [6.07, 6.45) is 3.70. The second-order valence-electron chi connectivity index (χ2n) is 7.27. The normalized spacial score (nSPS) is 14.2. The molecule has 0 radical (unpaired) electrons. The monoisotopic (exact) mass is 394 g/mol. The SMILES string of the molecule is CCCCCOC(=O)N1CN(N[C@@H](C(=O)O)C(C)C)c2ncnc(N(C)C)c21. The molecule has 2 N–H and O–H groups in total. The third kappa shape index (κ3) is 4.80. The van der Waals surface area contributed by atoms with Gasteiger partial charge in [0, 0.05) is 14.1 Å². The Morgan fingerprint density at radius 3 is 2.61 bits per heavy atom. The third-order valence-corrected chi connectivity index (χ3v) is 4.44. The number of carboxylic acids is 1. The van der Waals surface area contributed by atoms with E-state index in [1.807, 2.05) is 27.9 Å². The minimum absolute atomic E-state index is 0.0813. The summed E-state index contributed by atoms with van der Waals surface area (Å²) in [5, 5.41) is 11.1. The zero-order valence-corrected chi connectivity index (χ0v) is 17.2. The topological polar surface area (TPSA) is 111 Å². The molecule has 0 saturated carbocycles. The summed E-state index contributed by atoms with van der Waals surface area (Å²) >= 11 is 0. The van der Waals surface area contributed by atoms with Gasteiger partial charge in [-0.3, -0.25) is 14.7 Å². The van der Waals surface area contributed by atoms with Gasteiger partial charge >= 0.3 is 12.1 Å². The number of fused-ring (bicyclic) bond motifs is 1. The Hall–Kier alpha value is -2.62. The van der Waals surface area contributed by atoms with Gasteiger partial charge in [0.25, 0.3) is 0 Å². The second-order valence-corrected chi connectivity index (χ2v) is 7.27. The number of hydrogen-bond donors (Lipinski definition) is 2. The largest absolute Gasteiger partial charge is 0.480 e. The average molecular weight is 394 g/mol. The maximum Gasteiger partial charge on any atom is 0.416 e. The van der Waals surface area contributed by atoms with Crippen LogP contribution < -0.4 is 20.2 Å². The molecule has 0 bridgehead atoms. The first-order valence-corrected chi connectivity index (χ1v) is 9.51. The van der Waals surface area contributed by atoms with Crippen molar-refractivity contribution in [1.82, 2.24) is 15.4 Å². The van der Waals surface area contributed by atoms with Crippen molar-refractivity contribution >= 4 is 29.4 Å². The van der Waals surface area contributed by atoms with Crippen molar-refractivity contribution in [2.45, 2.75) is 46.1 Å². The Morgan fingerprint density at radius 1 is 1.32 bits per heavy atom. The van der Waals surface area contributed by atoms with E-state index in [4.69, 9.17) is 4.74 Å². The number of nitrogens with zero attached hydrogens (tertiary/aromatic N) is 5. The molecule has 0 aromatic carbocycles. The lowest BCUT2D eigenvalue weighted by Crippen LogP contribution is -2.52. The number of carbonyl (C=O) groups is 2. The molecule has 1 aromatic rings. The van der Waals surface area contributed by atoms with Gasteiger partial charge in [0.1, 0.15) is 24.7 Å². The third-order valence-electron chi connectivity index (χ3n) is 4.44. The molecule has 1 amide bonds. The lowest BCUT2D eigenvalue weighted by Gasteiger charge is -2.26. The van der Waals surface area contributed by atoms with Crippen LogP contribution in [0.25, 0.3) is 0 Å². The van der Waals surface area contributed by atoms with Gasteiger partial charge in [-0.2, -0.15) is 0 Å². The van der Waals surface area contributed by atoms with Gasteiger partial charge in [0.2, 0.25) is 0 Å². The van der Waals surface area contributed by atoms with E-state index in [2.05, 4.69) is 22.3 Å². The molecule has 0 fully saturated rings. The zero-order valence-electron chi connectivity index (χ0n) is 17.2. The molecule has 0 unspecified atom stereocenters. The molecule has 1 aromatic heterocycles. The molecule has 1 atom stereocenters. The van der Waals surface area contributed by atoms with Crippen LogP contribution >= 0.6 is 0 Å².